The molecule has 3 aromatic heterocycles. The van der Waals surface area contributed by atoms with Crippen LogP contribution in [-0.4, -0.2) is 61.1 Å². The summed E-state index contributed by atoms with van der Waals surface area (Å²) in [5, 5.41) is 21.4. The van der Waals surface area contributed by atoms with Crippen molar-refractivity contribution in [3.05, 3.63) is 53.0 Å². The zero-order valence-electron chi connectivity index (χ0n) is 18.2. The van der Waals surface area contributed by atoms with Gasteiger partial charge in [0, 0.05) is 12.3 Å². The Kier molecular flexibility index (Phi) is 6.23. The van der Waals surface area contributed by atoms with Crippen molar-refractivity contribution < 1.29 is 33.3 Å². The molecule has 0 bridgehead atoms. The summed E-state index contributed by atoms with van der Waals surface area (Å²) >= 11 is 0.934. The predicted molar refractivity (Wildman–Crippen MR) is 119 cm³/mol. The van der Waals surface area contributed by atoms with E-state index in [1.165, 1.54) is 48.3 Å². The van der Waals surface area contributed by atoms with Crippen molar-refractivity contribution in [1.29, 1.82) is 0 Å². The number of ether oxygens (including phenoxy) is 2. The Bertz CT molecular complexity index is 1480. The van der Waals surface area contributed by atoms with Crippen LogP contribution in [-0.2, 0) is 14.3 Å². The average molecular weight is 502 g/mol. The molecule has 0 amide bonds. The standard InChI is InChI=1S/C22H19FN4O7S/c1-10(29)32-8-16-18(30)13(7-28)20(33-16)27-19-14(6-24-9-25-19)26-22(27)35-17-5-11-4-12(23)2-3-15(11)34-21(17)31/h2-6,9,13,16,18,20,28,30H,7-8H2,1H3/t13-,16-,18+,20-/m1/s1. The minimum Gasteiger partial charge on any atom is -0.463 e. The highest BCUT2D eigenvalue weighted by molar-refractivity contribution is 7.99. The smallest absolute Gasteiger partial charge is 0.350 e. The lowest BCUT2D eigenvalue weighted by atomic mass is 10.0. The molecule has 4 aromatic rings. The Morgan fingerprint density at radius 1 is 1.34 bits per heavy atom. The van der Waals surface area contributed by atoms with Crippen LogP contribution in [0.15, 0.2) is 56.1 Å². The number of imidazole rings is 1. The van der Waals surface area contributed by atoms with Gasteiger partial charge in [0.25, 0.3) is 0 Å². The van der Waals surface area contributed by atoms with Crippen LogP contribution in [0.1, 0.15) is 13.2 Å². The third-order valence-electron chi connectivity index (χ3n) is 5.60. The highest BCUT2D eigenvalue weighted by Crippen LogP contribution is 2.40. The molecule has 0 saturated carbocycles. The van der Waals surface area contributed by atoms with E-state index in [1.807, 2.05) is 0 Å². The van der Waals surface area contributed by atoms with E-state index in [0.29, 0.717) is 16.6 Å². The number of carbonyl (C=O) groups is 1. The second-order valence-electron chi connectivity index (χ2n) is 7.88. The summed E-state index contributed by atoms with van der Waals surface area (Å²) in [5.74, 6) is -1.84. The molecule has 1 fully saturated rings. The largest absolute Gasteiger partial charge is 0.463 e. The van der Waals surface area contributed by atoms with Crippen molar-refractivity contribution >= 4 is 39.9 Å². The van der Waals surface area contributed by atoms with Gasteiger partial charge in [-0.15, -0.1) is 0 Å². The molecular weight excluding hydrogens is 483 g/mol. The topological polar surface area (TPSA) is 150 Å². The van der Waals surface area contributed by atoms with Gasteiger partial charge in [-0.1, -0.05) is 0 Å². The number of hydrogen-bond donors (Lipinski definition) is 2. The number of carbonyl (C=O) groups excluding carboxylic acids is 1. The summed E-state index contributed by atoms with van der Waals surface area (Å²) in [5.41, 5.74) is 0.292. The van der Waals surface area contributed by atoms with Gasteiger partial charge >= 0.3 is 11.6 Å². The third-order valence-corrected chi connectivity index (χ3v) is 6.58. The Balaban J connectivity index is 1.58. The SMILES string of the molecule is CC(=O)OC[C@H]1O[C@@H](n2c(Sc3cc4cc(F)ccc4oc3=O)nc3cncnc32)[C@H](CO)[C@@H]1O. The number of hydrogen-bond acceptors (Lipinski definition) is 11. The lowest BCUT2D eigenvalue weighted by Crippen LogP contribution is -2.32. The number of aliphatic hydroxyl groups excluding tert-OH is 2. The molecule has 5 rings (SSSR count). The van der Waals surface area contributed by atoms with E-state index < -0.39 is 48.4 Å². The second kappa shape index (κ2) is 9.34. The highest BCUT2D eigenvalue weighted by atomic mass is 32.2. The first-order chi connectivity index (χ1) is 16.9. The fourth-order valence-electron chi connectivity index (χ4n) is 3.97. The molecule has 13 heteroatoms. The van der Waals surface area contributed by atoms with E-state index in [-0.39, 0.29) is 22.2 Å². The van der Waals surface area contributed by atoms with E-state index in [2.05, 4.69) is 15.0 Å². The van der Waals surface area contributed by atoms with Crippen LogP contribution in [0.4, 0.5) is 4.39 Å². The maximum atomic E-state index is 13.7. The van der Waals surface area contributed by atoms with Crippen LogP contribution < -0.4 is 5.63 Å². The van der Waals surface area contributed by atoms with Crippen molar-refractivity contribution in [2.45, 2.75) is 35.4 Å². The van der Waals surface area contributed by atoms with Crippen molar-refractivity contribution in [3.63, 3.8) is 0 Å². The molecule has 4 heterocycles. The molecule has 0 spiro atoms. The molecule has 35 heavy (non-hydrogen) atoms. The normalized spacial score (nSPS) is 22.2. The number of halogens is 1. The van der Waals surface area contributed by atoms with Gasteiger partial charge in [0.2, 0.25) is 0 Å². The Morgan fingerprint density at radius 2 is 2.17 bits per heavy atom. The van der Waals surface area contributed by atoms with E-state index in [0.717, 1.165) is 11.8 Å². The summed E-state index contributed by atoms with van der Waals surface area (Å²) < 4.78 is 31.6. The Hall–Kier alpha value is -3.39. The van der Waals surface area contributed by atoms with Gasteiger partial charge in [0.15, 0.2) is 10.8 Å². The van der Waals surface area contributed by atoms with Crippen LogP contribution in [0.25, 0.3) is 22.1 Å². The summed E-state index contributed by atoms with van der Waals surface area (Å²) in [6.07, 6.45) is -0.251. The van der Waals surface area contributed by atoms with Crippen molar-refractivity contribution in [2.24, 2.45) is 5.92 Å². The fraction of sp³-hybridized carbons (Fsp3) is 0.318. The van der Waals surface area contributed by atoms with Gasteiger partial charge in [-0.25, -0.2) is 24.1 Å². The van der Waals surface area contributed by atoms with Crippen molar-refractivity contribution in [3.8, 4) is 0 Å². The quantitative estimate of drug-likeness (QED) is 0.293. The van der Waals surface area contributed by atoms with Gasteiger partial charge in [0.05, 0.1) is 24.8 Å². The molecule has 0 radical (unpaired) electrons. The van der Waals surface area contributed by atoms with E-state index in [1.54, 1.807) is 0 Å². The molecule has 11 nitrogen and oxygen atoms in total. The molecule has 2 N–H and O–H groups in total. The number of rotatable bonds is 6. The maximum Gasteiger partial charge on any atom is 0.350 e. The number of nitrogens with zero attached hydrogens (tertiary/aromatic N) is 4. The second-order valence-corrected chi connectivity index (χ2v) is 8.89. The van der Waals surface area contributed by atoms with Gasteiger partial charge in [-0.05, 0) is 36.0 Å². The number of benzene rings is 1. The zero-order chi connectivity index (χ0) is 24.7. The van der Waals surface area contributed by atoms with Gasteiger partial charge in [-0.2, -0.15) is 0 Å². The number of aromatic nitrogens is 4. The first-order valence-corrected chi connectivity index (χ1v) is 11.3. The van der Waals surface area contributed by atoms with Crippen LogP contribution in [0.2, 0.25) is 0 Å². The molecular formula is C22H19FN4O7S. The number of aliphatic hydroxyl groups is 2. The average Bonchev–Trinajstić information content (AvgIpc) is 3.34. The minimum absolute atomic E-state index is 0.128. The molecule has 1 aliphatic heterocycles. The van der Waals surface area contributed by atoms with Crippen LogP contribution >= 0.6 is 11.8 Å². The third kappa shape index (κ3) is 4.38. The molecule has 0 aliphatic carbocycles. The van der Waals surface area contributed by atoms with Crippen molar-refractivity contribution in [1.82, 2.24) is 19.5 Å². The molecule has 1 aromatic carbocycles. The lowest BCUT2D eigenvalue weighted by Gasteiger charge is -2.21. The van der Waals surface area contributed by atoms with E-state index in [9.17, 15) is 24.2 Å². The van der Waals surface area contributed by atoms with Crippen LogP contribution in [0.5, 0.6) is 0 Å². The summed E-state index contributed by atoms with van der Waals surface area (Å²) in [6, 6.07) is 5.30. The molecule has 1 aliphatic rings. The lowest BCUT2D eigenvalue weighted by molar-refractivity contribution is -0.147. The van der Waals surface area contributed by atoms with Crippen LogP contribution in [0.3, 0.4) is 0 Å². The maximum absolute atomic E-state index is 13.7. The first kappa shape index (κ1) is 23.4. The van der Waals surface area contributed by atoms with Crippen molar-refractivity contribution in [2.75, 3.05) is 13.2 Å². The molecule has 182 valence electrons. The van der Waals surface area contributed by atoms with Gasteiger partial charge in [-0.3, -0.25) is 9.36 Å². The highest BCUT2D eigenvalue weighted by Gasteiger charge is 2.46. The van der Waals surface area contributed by atoms with E-state index in [4.69, 9.17) is 13.9 Å². The molecule has 4 atom stereocenters. The monoisotopic (exact) mass is 502 g/mol. The van der Waals surface area contributed by atoms with Crippen LogP contribution in [0, 0.1) is 11.7 Å². The first-order valence-electron chi connectivity index (χ1n) is 10.5. The van der Waals surface area contributed by atoms with Gasteiger partial charge < -0.3 is 24.1 Å². The number of esters is 1. The van der Waals surface area contributed by atoms with Gasteiger partial charge in [0.1, 0.15) is 47.1 Å². The molecule has 1 saturated heterocycles. The Morgan fingerprint density at radius 3 is 2.94 bits per heavy atom. The number of fused-ring (bicyclic) bond motifs is 2. The summed E-state index contributed by atoms with van der Waals surface area (Å²) in [6.45, 7) is 0.570. The fourth-order valence-corrected chi connectivity index (χ4v) is 4.91. The minimum atomic E-state index is -1.16. The zero-order valence-corrected chi connectivity index (χ0v) is 19.0. The summed E-state index contributed by atoms with van der Waals surface area (Å²) in [4.78, 5) is 36.7. The molecule has 0 unspecified atom stereocenters. The summed E-state index contributed by atoms with van der Waals surface area (Å²) in [7, 11) is 0. The predicted octanol–water partition coefficient (Wildman–Crippen LogP) is 1.65. The Labute approximate surface area is 200 Å². The van der Waals surface area contributed by atoms with E-state index >= 15 is 0 Å².